The number of aromatic nitrogens is 5. The quantitative estimate of drug-likeness (QED) is 0.249. The van der Waals surface area contributed by atoms with Crippen LogP contribution in [0.15, 0.2) is 73.3 Å². The Morgan fingerprint density at radius 1 is 1.05 bits per heavy atom. The summed E-state index contributed by atoms with van der Waals surface area (Å²) in [5.41, 5.74) is 2.78. The Bertz CT molecular complexity index is 1820. The molecule has 2 aromatic carbocycles. The summed E-state index contributed by atoms with van der Waals surface area (Å²) in [6.45, 7) is 6.93. The zero-order chi connectivity index (χ0) is 29.2. The molecule has 11 heteroatoms. The molecule has 0 saturated heterocycles. The molecule has 0 aliphatic rings. The van der Waals surface area contributed by atoms with Crippen molar-refractivity contribution >= 4 is 41.7 Å². The lowest BCUT2D eigenvalue weighted by atomic mass is 9.69. The molecular weight excluding hydrogens is 533 g/mol. The lowest BCUT2D eigenvalue weighted by Crippen LogP contribution is -2.38. The lowest BCUT2D eigenvalue weighted by molar-refractivity contribution is 0.443. The maximum atomic E-state index is 9.83. The van der Waals surface area contributed by atoms with Gasteiger partial charge in [0.15, 0.2) is 0 Å². The van der Waals surface area contributed by atoms with Crippen molar-refractivity contribution in [2.45, 2.75) is 26.2 Å². The highest BCUT2D eigenvalue weighted by atomic mass is 35.5. The predicted octanol–water partition coefficient (Wildman–Crippen LogP) is 5.55. The minimum absolute atomic E-state index is 0.0414. The van der Waals surface area contributed by atoms with Crippen LogP contribution in [0.5, 0.6) is 0 Å². The Hall–Kier alpha value is -4.93. The van der Waals surface area contributed by atoms with Gasteiger partial charge < -0.3 is 10.6 Å². The molecule has 1 unspecified atom stereocenters. The fourth-order valence-corrected chi connectivity index (χ4v) is 4.63. The molecule has 1 atom stereocenters. The van der Waals surface area contributed by atoms with E-state index in [1.54, 1.807) is 53.6 Å². The SMILES string of the molecule is [B]C(Nc1cc(Cl)c2ncc(C#N)c(NCC(C)(C)C)c2c1)(c1cccc(C#N)c1)c1cn(-c2cccnc2)nn1. The van der Waals surface area contributed by atoms with Crippen LogP contribution in [0.1, 0.15) is 43.2 Å². The second-order valence-electron chi connectivity index (χ2n) is 10.8. The van der Waals surface area contributed by atoms with Gasteiger partial charge in [-0.1, -0.05) is 49.7 Å². The molecular formula is C30H25BClN9. The minimum atomic E-state index is -1.43. The molecule has 2 N–H and O–H groups in total. The number of anilines is 2. The number of hydrogen-bond acceptors (Lipinski definition) is 8. The monoisotopic (exact) mass is 557 g/mol. The molecule has 9 nitrogen and oxygen atoms in total. The van der Waals surface area contributed by atoms with Gasteiger partial charge in [-0.2, -0.15) is 10.5 Å². The van der Waals surface area contributed by atoms with Crippen LogP contribution in [0.25, 0.3) is 16.6 Å². The molecule has 0 amide bonds. The molecule has 0 saturated carbocycles. The summed E-state index contributed by atoms with van der Waals surface area (Å²) in [6.07, 6.45) is 6.56. The van der Waals surface area contributed by atoms with Gasteiger partial charge in [-0.15, -0.1) is 5.10 Å². The van der Waals surface area contributed by atoms with Crippen LogP contribution in [0.3, 0.4) is 0 Å². The molecule has 5 rings (SSSR count). The highest BCUT2D eigenvalue weighted by Gasteiger charge is 2.32. The molecule has 41 heavy (non-hydrogen) atoms. The Morgan fingerprint density at radius 3 is 2.59 bits per heavy atom. The summed E-state index contributed by atoms with van der Waals surface area (Å²) >= 11 is 6.74. The number of nitriles is 2. The normalized spacial score (nSPS) is 12.7. The van der Waals surface area contributed by atoms with E-state index in [-0.39, 0.29) is 5.41 Å². The number of hydrogen-bond donors (Lipinski definition) is 2. The van der Waals surface area contributed by atoms with E-state index in [0.29, 0.717) is 61.9 Å². The van der Waals surface area contributed by atoms with Gasteiger partial charge in [-0.3, -0.25) is 9.97 Å². The zero-order valence-corrected chi connectivity index (χ0v) is 23.5. The van der Waals surface area contributed by atoms with Crippen molar-refractivity contribution in [3.63, 3.8) is 0 Å². The molecule has 0 aliphatic heterocycles. The Kier molecular flexibility index (Phi) is 7.36. The second kappa shape index (κ2) is 10.9. The van der Waals surface area contributed by atoms with Crippen molar-refractivity contribution in [1.29, 1.82) is 10.5 Å². The van der Waals surface area contributed by atoms with Gasteiger partial charge in [0.25, 0.3) is 0 Å². The Morgan fingerprint density at radius 2 is 1.88 bits per heavy atom. The van der Waals surface area contributed by atoms with Gasteiger partial charge >= 0.3 is 0 Å². The predicted molar refractivity (Wildman–Crippen MR) is 160 cm³/mol. The zero-order valence-electron chi connectivity index (χ0n) is 22.7. The maximum absolute atomic E-state index is 9.83. The van der Waals surface area contributed by atoms with Crippen LogP contribution in [-0.4, -0.2) is 39.4 Å². The lowest BCUT2D eigenvalue weighted by Gasteiger charge is -2.32. The molecule has 5 aromatic rings. The van der Waals surface area contributed by atoms with Crippen molar-refractivity contribution in [2.75, 3.05) is 17.2 Å². The smallest absolute Gasteiger partial charge is 0.119 e. The van der Waals surface area contributed by atoms with E-state index < -0.39 is 5.44 Å². The van der Waals surface area contributed by atoms with E-state index in [1.807, 2.05) is 18.2 Å². The van der Waals surface area contributed by atoms with Crippen molar-refractivity contribution in [1.82, 2.24) is 25.0 Å². The van der Waals surface area contributed by atoms with Crippen molar-refractivity contribution in [3.8, 4) is 17.8 Å². The average Bonchev–Trinajstić information content (AvgIpc) is 3.47. The van der Waals surface area contributed by atoms with Gasteiger partial charge in [0, 0.05) is 30.0 Å². The first kappa shape index (κ1) is 27.6. The van der Waals surface area contributed by atoms with Gasteiger partial charge in [0.2, 0.25) is 0 Å². The molecule has 200 valence electrons. The van der Waals surface area contributed by atoms with E-state index in [1.165, 1.54) is 6.20 Å². The third-order valence-electron chi connectivity index (χ3n) is 6.44. The van der Waals surface area contributed by atoms with E-state index in [0.717, 1.165) is 0 Å². The molecule has 0 spiro atoms. The summed E-state index contributed by atoms with van der Waals surface area (Å²) in [6, 6.07) is 18.6. The van der Waals surface area contributed by atoms with Crippen LogP contribution in [0.2, 0.25) is 5.02 Å². The van der Waals surface area contributed by atoms with Crippen LogP contribution >= 0.6 is 11.6 Å². The van der Waals surface area contributed by atoms with Crippen LogP contribution in [0.4, 0.5) is 11.4 Å². The molecule has 3 heterocycles. The first-order chi connectivity index (χ1) is 19.6. The second-order valence-corrected chi connectivity index (χ2v) is 11.2. The first-order valence-electron chi connectivity index (χ1n) is 12.8. The van der Waals surface area contributed by atoms with Gasteiger partial charge in [-0.05, 0) is 47.4 Å². The third kappa shape index (κ3) is 5.70. The van der Waals surface area contributed by atoms with E-state index in [2.05, 4.69) is 63.8 Å². The summed E-state index contributed by atoms with van der Waals surface area (Å²) < 4.78 is 1.57. The highest BCUT2D eigenvalue weighted by Crippen LogP contribution is 2.37. The molecule has 0 fully saturated rings. The summed E-state index contributed by atoms with van der Waals surface area (Å²) in [4.78, 5) is 8.60. The van der Waals surface area contributed by atoms with Crippen LogP contribution in [0, 0.1) is 28.1 Å². The molecule has 0 aliphatic carbocycles. The standard InChI is InChI=1S/C30H25BClN9/c1-29(2,3)18-37-27-20(14-34)15-36-28-24(27)11-22(12-25(28)32)38-30(31,21-7-4-6-19(10-21)13-33)26-17-41(40-39-26)23-8-5-9-35-16-23/h4-12,15-17,38H,18H2,1-3H3,(H,36,37). The topological polar surface area (TPSA) is 128 Å². The van der Waals surface area contributed by atoms with Crippen LogP contribution < -0.4 is 10.6 Å². The third-order valence-corrected chi connectivity index (χ3v) is 6.73. The van der Waals surface area contributed by atoms with Crippen molar-refractivity contribution < 1.29 is 0 Å². The molecule has 2 radical (unpaired) electrons. The number of fused-ring (bicyclic) bond motifs is 1. The van der Waals surface area contributed by atoms with Crippen LogP contribution in [-0.2, 0) is 5.44 Å². The fraction of sp³-hybridized carbons (Fsp3) is 0.200. The average molecular weight is 558 g/mol. The molecule has 0 bridgehead atoms. The summed E-state index contributed by atoms with van der Waals surface area (Å²) in [5, 5.41) is 35.9. The number of rotatable bonds is 7. The van der Waals surface area contributed by atoms with E-state index >= 15 is 0 Å². The van der Waals surface area contributed by atoms with Gasteiger partial charge in [-0.25, -0.2) is 4.68 Å². The van der Waals surface area contributed by atoms with Crippen molar-refractivity contribution in [3.05, 3.63) is 101 Å². The molecule has 3 aromatic heterocycles. The van der Waals surface area contributed by atoms with E-state index in [4.69, 9.17) is 19.4 Å². The Balaban J connectivity index is 1.65. The van der Waals surface area contributed by atoms with E-state index in [9.17, 15) is 10.5 Å². The maximum Gasteiger partial charge on any atom is 0.119 e. The number of halogens is 1. The fourth-order valence-electron chi connectivity index (χ4n) is 4.37. The Labute approximate surface area is 244 Å². The number of benzene rings is 2. The summed E-state index contributed by atoms with van der Waals surface area (Å²) in [7, 11) is 7.11. The number of pyridine rings is 2. The first-order valence-corrected chi connectivity index (χ1v) is 13.2. The van der Waals surface area contributed by atoms with Gasteiger partial charge in [0.05, 0.1) is 56.9 Å². The van der Waals surface area contributed by atoms with Gasteiger partial charge in [0.1, 0.15) is 19.6 Å². The largest absolute Gasteiger partial charge is 0.383 e. The van der Waals surface area contributed by atoms with Crippen molar-refractivity contribution in [2.24, 2.45) is 5.41 Å². The minimum Gasteiger partial charge on any atom is -0.383 e. The highest BCUT2D eigenvalue weighted by molar-refractivity contribution is 6.36. The summed E-state index contributed by atoms with van der Waals surface area (Å²) in [5.74, 6) is 0. The number of nitrogens with zero attached hydrogens (tertiary/aromatic N) is 7. The number of nitrogens with one attached hydrogen (secondary N) is 2.